The number of hydrogen-bond donors (Lipinski definition) is 1. The van der Waals surface area contributed by atoms with Crippen molar-refractivity contribution >= 4 is 29.3 Å². The molecule has 4 rings (SSSR count). The lowest BCUT2D eigenvalue weighted by atomic mass is 10.0. The molecular weight excluding hydrogens is 342 g/mol. The molecule has 2 aliphatic rings. The fraction of sp³-hybridized carbons (Fsp3) is 0.300. The normalized spacial score (nSPS) is 16.9. The number of anilines is 1. The molecule has 138 valence electrons. The van der Waals surface area contributed by atoms with Crippen molar-refractivity contribution in [1.29, 1.82) is 0 Å². The minimum Gasteiger partial charge on any atom is -0.335 e. The molecule has 27 heavy (non-hydrogen) atoms. The first kappa shape index (κ1) is 17.2. The Balaban J connectivity index is 1.39. The minimum atomic E-state index is -0.0116. The lowest BCUT2D eigenvalue weighted by molar-refractivity contribution is -0.125. The monoisotopic (exact) mass is 363 g/mol. The van der Waals surface area contributed by atoms with E-state index in [4.69, 9.17) is 0 Å². The third-order valence-corrected chi connectivity index (χ3v) is 4.88. The van der Waals surface area contributed by atoms with Crippen molar-refractivity contribution in [2.75, 3.05) is 18.4 Å². The molecule has 0 spiro atoms. The molecule has 0 radical (unpaired) electrons. The highest BCUT2D eigenvalue weighted by Crippen LogP contribution is 2.23. The Kier molecular flexibility index (Phi) is 4.58. The number of fused-ring (bicyclic) bond motifs is 1. The summed E-state index contributed by atoms with van der Waals surface area (Å²) in [5, 5.41) is 6.96. The number of aryl methyl sites for hydroxylation is 2. The van der Waals surface area contributed by atoms with Crippen molar-refractivity contribution in [2.45, 2.75) is 19.3 Å². The summed E-state index contributed by atoms with van der Waals surface area (Å²) >= 11 is 0. The summed E-state index contributed by atoms with van der Waals surface area (Å²) in [6.07, 6.45) is 13.0. The predicted octanol–water partition coefficient (Wildman–Crippen LogP) is 2.03. The van der Waals surface area contributed by atoms with Gasteiger partial charge in [-0.25, -0.2) is 4.98 Å². The van der Waals surface area contributed by atoms with Crippen LogP contribution in [-0.4, -0.2) is 44.6 Å². The molecule has 0 unspecified atom stereocenters. The van der Waals surface area contributed by atoms with E-state index in [0.29, 0.717) is 31.7 Å². The van der Waals surface area contributed by atoms with Gasteiger partial charge in [-0.1, -0.05) is 6.08 Å². The first-order valence-electron chi connectivity index (χ1n) is 9.02. The fourth-order valence-electron chi connectivity index (χ4n) is 3.36. The Bertz CT molecular complexity index is 957. The molecule has 0 saturated carbocycles. The Hall–Kier alpha value is -3.22. The third kappa shape index (κ3) is 3.81. The quantitative estimate of drug-likeness (QED) is 0.846. The maximum atomic E-state index is 12.5. The highest BCUT2D eigenvalue weighted by Gasteiger charge is 2.18. The van der Waals surface area contributed by atoms with Crippen molar-refractivity contribution < 1.29 is 9.59 Å². The summed E-state index contributed by atoms with van der Waals surface area (Å²) in [6, 6.07) is 1.97. The Morgan fingerprint density at radius 1 is 1.26 bits per heavy atom. The van der Waals surface area contributed by atoms with E-state index in [0.717, 1.165) is 23.1 Å². The summed E-state index contributed by atoms with van der Waals surface area (Å²) in [5.41, 5.74) is 4.22. The number of pyridine rings is 1. The average molecular weight is 363 g/mol. The molecule has 7 nitrogen and oxygen atoms in total. The topological polar surface area (TPSA) is 80.1 Å². The molecule has 0 fully saturated rings. The van der Waals surface area contributed by atoms with Crippen molar-refractivity contribution in [3.63, 3.8) is 0 Å². The van der Waals surface area contributed by atoms with E-state index >= 15 is 0 Å². The lowest BCUT2D eigenvalue weighted by Crippen LogP contribution is -2.33. The number of carbonyl (C=O) groups excluding carboxylic acids is 2. The van der Waals surface area contributed by atoms with Crippen LogP contribution in [0.2, 0.25) is 0 Å². The maximum absolute atomic E-state index is 12.5. The molecule has 4 heterocycles. The van der Waals surface area contributed by atoms with E-state index in [1.165, 1.54) is 5.57 Å². The summed E-state index contributed by atoms with van der Waals surface area (Å²) in [5.74, 6) is 0.610. The zero-order valence-electron chi connectivity index (χ0n) is 15.2. The van der Waals surface area contributed by atoms with Gasteiger partial charge in [0.05, 0.1) is 6.20 Å². The molecule has 0 aromatic carbocycles. The van der Waals surface area contributed by atoms with E-state index < -0.39 is 0 Å². The molecule has 2 aliphatic heterocycles. The second kappa shape index (κ2) is 7.19. The van der Waals surface area contributed by atoms with Gasteiger partial charge in [0, 0.05) is 50.6 Å². The van der Waals surface area contributed by atoms with Gasteiger partial charge in [-0.05, 0) is 41.7 Å². The summed E-state index contributed by atoms with van der Waals surface area (Å²) in [4.78, 5) is 30.0. The van der Waals surface area contributed by atoms with Crippen LogP contribution in [-0.2, 0) is 23.1 Å². The Morgan fingerprint density at radius 2 is 2.15 bits per heavy atom. The number of amides is 2. The number of nitrogens with zero attached hydrogens (tertiary/aromatic N) is 4. The van der Waals surface area contributed by atoms with Crippen LogP contribution in [0.4, 0.5) is 5.82 Å². The number of aromatic nitrogens is 3. The molecule has 0 atom stereocenters. The molecule has 0 saturated heterocycles. The number of rotatable bonds is 3. The molecule has 0 aliphatic carbocycles. The molecule has 1 N–H and O–H groups in total. The van der Waals surface area contributed by atoms with E-state index in [1.807, 2.05) is 30.4 Å². The van der Waals surface area contributed by atoms with Crippen LogP contribution in [0.5, 0.6) is 0 Å². The lowest BCUT2D eigenvalue weighted by Gasteiger charge is -2.25. The SMILES string of the molecule is Cn1cc(C2=CCN(C(=O)/C=C/c3cnc4c(c3)CCC(=O)N4)CC2)cn1. The van der Waals surface area contributed by atoms with Crippen LogP contribution in [0.15, 0.2) is 36.8 Å². The van der Waals surface area contributed by atoms with Gasteiger partial charge in [0.1, 0.15) is 5.82 Å². The zero-order chi connectivity index (χ0) is 18.8. The van der Waals surface area contributed by atoms with Crippen molar-refractivity contribution in [3.8, 4) is 0 Å². The second-order valence-corrected chi connectivity index (χ2v) is 6.82. The summed E-state index contributed by atoms with van der Waals surface area (Å²) in [7, 11) is 1.90. The third-order valence-electron chi connectivity index (χ3n) is 4.88. The van der Waals surface area contributed by atoms with Crippen molar-refractivity contribution in [2.24, 2.45) is 7.05 Å². The molecule has 2 aromatic heterocycles. The van der Waals surface area contributed by atoms with Crippen LogP contribution in [0.3, 0.4) is 0 Å². The van der Waals surface area contributed by atoms with Gasteiger partial charge in [0.15, 0.2) is 0 Å². The maximum Gasteiger partial charge on any atom is 0.246 e. The van der Waals surface area contributed by atoms with Crippen LogP contribution >= 0.6 is 0 Å². The van der Waals surface area contributed by atoms with Crippen LogP contribution in [0.25, 0.3) is 11.6 Å². The Morgan fingerprint density at radius 3 is 2.89 bits per heavy atom. The molecular formula is C20H21N5O2. The molecule has 0 bridgehead atoms. The molecule has 7 heteroatoms. The van der Waals surface area contributed by atoms with E-state index in [9.17, 15) is 9.59 Å². The first-order valence-corrected chi connectivity index (χ1v) is 9.02. The second-order valence-electron chi connectivity index (χ2n) is 6.82. The average Bonchev–Trinajstić information content (AvgIpc) is 3.12. The van der Waals surface area contributed by atoms with Crippen LogP contribution < -0.4 is 5.32 Å². The van der Waals surface area contributed by atoms with Gasteiger partial charge >= 0.3 is 0 Å². The van der Waals surface area contributed by atoms with Gasteiger partial charge in [-0.15, -0.1) is 0 Å². The number of hydrogen-bond acceptors (Lipinski definition) is 4. The van der Waals surface area contributed by atoms with E-state index in [2.05, 4.69) is 21.5 Å². The van der Waals surface area contributed by atoms with Gasteiger partial charge in [0.2, 0.25) is 11.8 Å². The molecule has 2 amide bonds. The van der Waals surface area contributed by atoms with Gasteiger partial charge in [-0.2, -0.15) is 5.10 Å². The summed E-state index contributed by atoms with van der Waals surface area (Å²) in [6.45, 7) is 1.29. The molecule has 2 aromatic rings. The first-order chi connectivity index (χ1) is 13.1. The fourth-order valence-corrected chi connectivity index (χ4v) is 3.36. The van der Waals surface area contributed by atoms with Gasteiger partial charge in [0.25, 0.3) is 0 Å². The zero-order valence-corrected chi connectivity index (χ0v) is 15.2. The number of carbonyl (C=O) groups is 2. The number of nitrogens with one attached hydrogen (secondary N) is 1. The minimum absolute atomic E-state index is 0.00252. The highest BCUT2D eigenvalue weighted by molar-refractivity contribution is 5.94. The standard InChI is InChI=1S/C20H21N5O2/c1-24-13-17(12-22-24)15-6-8-25(9-7-15)19(27)5-2-14-10-16-3-4-18(26)23-20(16)21-11-14/h2,5-6,10-13H,3-4,7-9H2,1H3,(H,21,23,26)/b5-2+. The van der Waals surface area contributed by atoms with Gasteiger partial charge in [-0.3, -0.25) is 14.3 Å². The van der Waals surface area contributed by atoms with Crippen LogP contribution in [0.1, 0.15) is 29.5 Å². The summed E-state index contributed by atoms with van der Waals surface area (Å²) < 4.78 is 1.79. The van der Waals surface area contributed by atoms with Gasteiger partial charge < -0.3 is 10.2 Å². The largest absolute Gasteiger partial charge is 0.335 e. The van der Waals surface area contributed by atoms with E-state index in [-0.39, 0.29) is 11.8 Å². The van der Waals surface area contributed by atoms with Crippen molar-refractivity contribution in [3.05, 3.63) is 53.5 Å². The predicted molar refractivity (Wildman–Crippen MR) is 103 cm³/mol. The Labute approximate surface area is 157 Å². The highest BCUT2D eigenvalue weighted by atomic mass is 16.2. The van der Waals surface area contributed by atoms with Crippen molar-refractivity contribution in [1.82, 2.24) is 19.7 Å². The van der Waals surface area contributed by atoms with Crippen LogP contribution in [0, 0.1) is 0 Å². The smallest absolute Gasteiger partial charge is 0.246 e. The van der Waals surface area contributed by atoms with E-state index in [1.54, 1.807) is 23.0 Å².